The summed E-state index contributed by atoms with van der Waals surface area (Å²) in [7, 11) is -3.79. The Morgan fingerprint density at radius 3 is 2.56 bits per heavy atom. The normalized spacial score (nSPS) is 15.7. The highest BCUT2D eigenvalue weighted by Crippen LogP contribution is 2.32. The van der Waals surface area contributed by atoms with E-state index in [0.29, 0.717) is 11.6 Å². The Balaban J connectivity index is 1.79. The quantitative estimate of drug-likeness (QED) is 0.754. The minimum Gasteiger partial charge on any atom is -0.492 e. The molecule has 1 aromatic heterocycles. The number of hydrogen-bond donors (Lipinski definition) is 0. The zero-order valence-electron chi connectivity index (χ0n) is 15.1. The Kier molecular flexibility index (Phi) is 5.78. The molecule has 0 aliphatic carbocycles. The van der Waals surface area contributed by atoms with Crippen LogP contribution in [0.4, 0.5) is 0 Å². The van der Waals surface area contributed by atoms with Crippen molar-refractivity contribution in [2.24, 2.45) is 0 Å². The summed E-state index contributed by atoms with van der Waals surface area (Å²) in [5.74, 6) is 0.286. The second-order valence-corrected chi connectivity index (χ2v) is 8.47. The van der Waals surface area contributed by atoms with Gasteiger partial charge in [-0.05, 0) is 43.7 Å². The Hall–Kier alpha value is -2.03. The third kappa shape index (κ3) is 3.97. The molecule has 0 N–H and O–H groups in total. The van der Waals surface area contributed by atoms with Crippen LogP contribution in [-0.2, 0) is 10.0 Å². The molecular weight excluding hydrogens is 392 g/mol. The first-order valence-corrected chi connectivity index (χ1v) is 10.4. The summed E-state index contributed by atoms with van der Waals surface area (Å²) in [6.07, 6.45) is 1.43. The fourth-order valence-electron chi connectivity index (χ4n) is 2.93. The van der Waals surface area contributed by atoms with E-state index >= 15 is 0 Å². The molecule has 0 unspecified atom stereocenters. The number of furan rings is 1. The number of benzene rings is 1. The molecule has 1 aromatic carbocycles. The van der Waals surface area contributed by atoms with Crippen molar-refractivity contribution in [3.8, 4) is 5.75 Å². The molecule has 1 amide bonds. The van der Waals surface area contributed by atoms with Gasteiger partial charge in [0.05, 0.1) is 12.9 Å². The third-order valence-electron chi connectivity index (χ3n) is 4.40. The van der Waals surface area contributed by atoms with Gasteiger partial charge in [0.25, 0.3) is 5.91 Å². The van der Waals surface area contributed by atoms with E-state index in [0.717, 1.165) is 5.56 Å². The van der Waals surface area contributed by atoms with Crippen LogP contribution in [0.5, 0.6) is 5.75 Å². The lowest BCUT2D eigenvalue weighted by molar-refractivity contribution is 0.0666. The molecule has 1 fully saturated rings. The highest BCUT2D eigenvalue weighted by molar-refractivity contribution is 7.89. The molecule has 0 bridgehead atoms. The first-order chi connectivity index (χ1) is 12.8. The van der Waals surface area contributed by atoms with Crippen molar-refractivity contribution in [1.82, 2.24) is 9.21 Å². The van der Waals surface area contributed by atoms with Crippen LogP contribution in [0.3, 0.4) is 0 Å². The van der Waals surface area contributed by atoms with Crippen LogP contribution < -0.4 is 4.74 Å². The number of aryl methyl sites for hydroxylation is 1. The van der Waals surface area contributed by atoms with Crippen LogP contribution in [0.1, 0.15) is 23.0 Å². The lowest BCUT2D eigenvalue weighted by atomic mass is 10.2. The number of hydrogen-bond acceptors (Lipinski definition) is 5. The van der Waals surface area contributed by atoms with E-state index in [1.54, 1.807) is 36.9 Å². The van der Waals surface area contributed by atoms with E-state index in [9.17, 15) is 13.2 Å². The Bertz CT molecular complexity index is 919. The molecule has 1 saturated heterocycles. The average molecular weight is 413 g/mol. The predicted molar refractivity (Wildman–Crippen MR) is 101 cm³/mol. The Labute approximate surface area is 163 Å². The van der Waals surface area contributed by atoms with Gasteiger partial charge in [0.2, 0.25) is 10.0 Å². The molecule has 0 spiro atoms. The molecule has 146 valence electrons. The molecule has 7 nitrogen and oxygen atoms in total. The van der Waals surface area contributed by atoms with Crippen molar-refractivity contribution >= 4 is 27.5 Å². The van der Waals surface area contributed by atoms with Crippen LogP contribution >= 0.6 is 11.6 Å². The molecular formula is C18H21ClN2O5S. The van der Waals surface area contributed by atoms with Gasteiger partial charge in [0.15, 0.2) is 5.76 Å². The summed E-state index contributed by atoms with van der Waals surface area (Å²) in [4.78, 5) is 14.0. The molecule has 0 radical (unpaired) electrons. The van der Waals surface area contributed by atoms with Crippen LogP contribution in [-0.4, -0.2) is 56.3 Å². The summed E-state index contributed by atoms with van der Waals surface area (Å²) in [5, 5.41) is 0.365. The van der Waals surface area contributed by atoms with E-state index < -0.39 is 10.0 Å². The van der Waals surface area contributed by atoms with E-state index in [1.165, 1.54) is 16.6 Å². The van der Waals surface area contributed by atoms with E-state index in [2.05, 4.69) is 0 Å². The van der Waals surface area contributed by atoms with Crippen molar-refractivity contribution < 1.29 is 22.4 Å². The molecule has 3 rings (SSSR count). The maximum atomic E-state index is 13.1. The lowest BCUT2D eigenvalue weighted by Crippen LogP contribution is -2.50. The number of ether oxygens (including phenoxy) is 1. The zero-order chi connectivity index (χ0) is 19.6. The second kappa shape index (κ2) is 7.92. The van der Waals surface area contributed by atoms with Gasteiger partial charge in [0.1, 0.15) is 10.6 Å². The summed E-state index contributed by atoms with van der Waals surface area (Å²) in [6.45, 7) is 4.86. The number of amides is 1. The highest BCUT2D eigenvalue weighted by Gasteiger charge is 2.33. The largest absolute Gasteiger partial charge is 0.492 e. The van der Waals surface area contributed by atoms with Crippen molar-refractivity contribution in [2.45, 2.75) is 18.7 Å². The Morgan fingerprint density at radius 1 is 1.26 bits per heavy atom. The minimum absolute atomic E-state index is 0.0470. The van der Waals surface area contributed by atoms with Gasteiger partial charge in [-0.1, -0.05) is 11.6 Å². The fourth-order valence-corrected chi connectivity index (χ4v) is 4.72. The van der Waals surface area contributed by atoms with Crippen molar-refractivity contribution in [2.75, 3.05) is 32.8 Å². The summed E-state index contributed by atoms with van der Waals surface area (Å²) in [5.41, 5.74) is 0.743. The SMILES string of the molecule is CCOc1cc(C)c(Cl)cc1S(=O)(=O)N1CCN(C(=O)c2ccco2)CC1. The van der Waals surface area contributed by atoms with Crippen molar-refractivity contribution in [1.29, 1.82) is 0 Å². The number of sulfonamides is 1. The number of halogens is 1. The van der Waals surface area contributed by atoms with E-state index in [-0.39, 0.29) is 48.5 Å². The first kappa shape index (κ1) is 19.7. The second-order valence-electron chi connectivity index (χ2n) is 6.15. The number of nitrogens with zero attached hydrogens (tertiary/aromatic N) is 2. The molecule has 2 aromatic rings. The monoisotopic (exact) mass is 412 g/mol. The first-order valence-electron chi connectivity index (χ1n) is 8.60. The van der Waals surface area contributed by atoms with E-state index in [1.807, 2.05) is 0 Å². The lowest BCUT2D eigenvalue weighted by Gasteiger charge is -2.33. The predicted octanol–water partition coefficient (Wildman–Crippen LogP) is 2.79. The van der Waals surface area contributed by atoms with Gasteiger partial charge in [-0.15, -0.1) is 0 Å². The highest BCUT2D eigenvalue weighted by atomic mass is 35.5. The summed E-state index contributed by atoms with van der Waals surface area (Å²) in [6, 6.07) is 6.30. The van der Waals surface area contributed by atoms with Crippen molar-refractivity contribution in [3.63, 3.8) is 0 Å². The maximum absolute atomic E-state index is 13.1. The molecule has 2 heterocycles. The van der Waals surface area contributed by atoms with E-state index in [4.69, 9.17) is 20.8 Å². The molecule has 27 heavy (non-hydrogen) atoms. The fraction of sp³-hybridized carbons (Fsp3) is 0.389. The third-order valence-corrected chi connectivity index (χ3v) is 6.73. The Morgan fingerprint density at radius 2 is 1.96 bits per heavy atom. The number of piperazine rings is 1. The van der Waals surface area contributed by atoms with Crippen LogP contribution in [0.25, 0.3) is 0 Å². The smallest absolute Gasteiger partial charge is 0.289 e. The maximum Gasteiger partial charge on any atom is 0.289 e. The van der Waals surface area contributed by atoms with Gasteiger partial charge < -0.3 is 14.1 Å². The summed E-state index contributed by atoms with van der Waals surface area (Å²) >= 11 is 6.15. The summed E-state index contributed by atoms with van der Waals surface area (Å²) < 4.78 is 38.2. The van der Waals surface area contributed by atoms with Gasteiger partial charge in [-0.2, -0.15) is 4.31 Å². The molecule has 0 saturated carbocycles. The average Bonchev–Trinajstić information content (AvgIpc) is 3.19. The van der Waals surface area contributed by atoms with Gasteiger partial charge >= 0.3 is 0 Å². The molecule has 0 atom stereocenters. The standard InChI is InChI=1S/C18H21ClN2O5S/c1-3-25-16-11-13(2)14(19)12-17(16)27(23,24)21-8-6-20(7-9-21)18(22)15-5-4-10-26-15/h4-5,10-12H,3,6-9H2,1-2H3. The zero-order valence-corrected chi connectivity index (χ0v) is 16.7. The van der Waals surface area contributed by atoms with Gasteiger partial charge in [-0.25, -0.2) is 8.42 Å². The molecule has 1 aliphatic rings. The molecule has 9 heteroatoms. The van der Waals surface area contributed by atoms with Crippen LogP contribution in [0.15, 0.2) is 39.8 Å². The number of carbonyl (C=O) groups excluding carboxylic acids is 1. The molecule has 1 aliphatic heterocycles. The van der Waals surface area contributed by atoms with Crippen LogP contribution in [0, 0.1) is 6.92 Å². The number of carbonyl (C=O) groups is 1. The number of rotatable bonds is 5. The van der Waals surface area contributed by atoms with Crippen LogP contribution in [0.2, 0.25) is 5.02 Å². The van der Waals surface area contributed by atoms with Crippen molar-refractivity contribution in [3.05, 3.63) is 46.9 Å². The van der Waals surface area contributed by atoms with Gasteiger partial charge in [0, 0.05) is 31.2 Å². The minimum atomic E-state index is -3.79. The topological polar surface area (TPSA) is 80.1 Å². The van der Waals surface area contributed by atoms with Gasteiger partial charge in [-0.3, -0.25) is 4.79 Å².